The van der Waals surface area contributed by atoms with Crippen LogP contribution in [0.15, 0.2) is 24.3 Å². The summed E-state index contributed by atoms with van der Waals surface area (Å²) >= 11 is 0. The van der Waals surface area contributed by atoms with Crippen LogP contribution >= 0.6 is 0 Å². The van der Waals surface area contributed by atoms with Crippen molar-refractivity contribution in [3.05, 3.63) is 29.8 Å². The van der Waals surface area contributed by atoms with Crippen LogP contribution in [-0.2, 0) is 20.8 Å². The summed E-state index contributed by atoms with van der Waals surface area (Å²) in [6.45, 7) is 4.79. The predicted octanol–water partition coefficient (Wildman–Crippen LogP) is 1.56. The van der Waals surface area contributed by atoms with Gasteiger partial charge in [0.15, 0.2) is 0 Å². The Bertz CT molecular complexity index is 615. The molecule has 0 fully saturated rings. The average Bonchev–Trinajstić information content (AvgIpc) is 2.57. The largest absolute Gasteiger partial charge is 0.355 e. The van der Waals surface area contributed by atoms with Gasteiger partial charge in [-0.25, -0.2) is 0 Å². The molecule has 2 rings (SSSR count). The molecule has 0 bridgehead atoms. The third-order valence-corrected chi connectivity index (χ3v) is 4.26. The topological polar surface area (TPSA) is 78.5 Å². The number of carbonyl (C=O) groups excluding carboxylic acids is 3. The SMILES string of the molecule is CCNC(=O)CN(CC)C(=O)CCC1Cc2ccccc2NC1=O. The summed E-state index contributed by atoms with van der Waals surface area (Å²) in [5.74, 6) is -0.479. The number of carbonyl (C=O) groups is 3. The third-order valence-electron chi connectivity index (χ3n) is 4.26. The van der Waals surface area contributed by atoms with Crippen molar-refractivity contribution in [1.29, 1.82) is 0 Å². The highest BCUT2D eigenvalue weighted by Crippen LogP contribution is 2.27. The molecule has 1 heterocycles. The van der Waals surface area contributed by atoms with E-state index in [9.17, 15) is 14.4 Å². The second-order valence-corrected chi connectivity index (χ2v) is 5.95. The van der Waals surface area contributed by atoms with E-state index >= 15 is 0 Å². The highest BCUT2D eigenvalue weighted by molar-refractivity contribution is 5.96. The molecule has 0 radical (unpaired) electrons. The first-order chi connectivity index (χ1) is 11.5. The quantitative estimate of drug-likeness (QED) is 0.796. The second-order valence-electron chi connectivity index (χ2n) is 5.95. The zero-order valence-corrected chi connectivity index (χ0v) is 14.3. The summed E-state index contributed by atoms with van der Waals surface area (Å²) < 4.78 is 0. The Labute approximate surface area is 142 Å². The summed E-state index contributed by atoms with van der Waals surface area (Å²) in [5, 5.41) is 5.59. The molecule has 24 heavy (non-hydrogen) atoms. The van der Waals surface area contributed by atoms with Crippen LogP contribution in [0.5, 0.6) is 0 Å². The number of benzene rings is 1. The van der Waals surface area contributed by atoms with Gasteiger partial charge in [0, 0.05) is 31.1 Å². The highest BCUT2D eigenvalue weighted by Gasteiger charge is 2.27. The van der Waals surface area contributed by atoms with E-state index in [0.717, 1.165) is 11.3 Å². The molecule has 0 saturated heterocycles. The molecule has 6 heteroatoms. The lowest BCUT2D eigenvalue weighted by Gasteiger charge is -2.25. The molecule has 1 aliphatic rings. The molecular weight excluding hydrogens is 306 g/mol. The minimum Gasteiger partial charge on any atom is -0.355 e. The fourth-order valence-electron chi connectivity index (χ4n) is 2.90. The summed E-state index contributed by atoms with van der Waals surface area (Å²) in [5.41, 5.74) is 1.96. The molecule has 1 atom stereocenters. The maximum Gasteiger partial charge on any atom is 0.239 e. The first-order valence-electron chi connectivity index (χ1n) is 8.48. The molecule has 2 N–H and O–H groups in total. The van der Waals surface area contributed by atoms with E-state index in [-0.39, 0.29) is 36.6 Å². The molecule has 6 nitrogen and oxygen atoms in total. The third kappa shape index (κ3) is 4.57. The molecule has 1 unspecified atom stereocenters. The molecule has 1 aromatic rings. The fourth-order valence-corrected chi connectivity index (χ4v) is 2.90. The van der Waals surface area contributed by atoms with Gasteiger partial charge in [-0.05, 0) is 38.3 Å². The fraction of sp³-hybridized carbons (Fsp3) is 0.500. The molecular formula is C18H25N3O3. The Hall–Kier alpha value is -2.37. The van der Waals surface area contributed by atoms with Crippen LogP contribution in [0, 0.1) is 5.92 Å². The van der Waals surface area contributed by atoms with Crippen molar-refractivity contribution in [2.45, 2.75) is 33.1 Å². The molecule has 130 valence electrons. The van der Waals surface area contributed by atoms with Crippen molar-refractivity contribution in [2.75, 3.05) is 25.0 Å². The van der Waals surface area contributed by atoms with Crippen LogP contribution in [0.1, 0.15) is 32.3 Å². The van der Waals surface area contributed by atoms with E-state index in [1.54, 1.807) is 0 Å². The second kappa shape index (κ2) is 8.47. The minimum absolute atomic E-state index is 0.0340. The maximum atomic E-state index is 12.3. The zero-order chi connectivity index (χ0) is 17.5. The van der Waals surface area contributed by atoms with Crippen LogP contribution in [0.25, 0.3) is 0 Å². The monoisotopic (exact) mass is 331 g/mol. The van der Waals surface area contributed by atoms with E-state index < -0.39 is 0 Å². The summed E-state index contributed by atoms with van der Waals surface area (Å²) in [4.78, 5) is 37.7. The van der Waals surface area contributed by atoms with Crippen LogP contribution in [-0.4, -0.2) is 42.3 Å². The average molecular weight is 331 g/mol. The van der Waals surface area contributed by atoms with Crippen LogP contribution in [0.4, 0.5) is 5.69 Å². The highest BCUT2D eigenvalue weighted by atomic mass is 16.2. The van der Waals surface area contributed by atoms with Crippen molar-refractivity contribution in [2.24, 2.45) is 5.92 Å². The van der Waals surface area contributed by atoms with Gasteiger partial charge in [-0.15, -0.1) is 0 Å². The maximum absolute atomic E-state index is 12.3. The van der Waals surface area contributed by atoms with Gasteiger partial charge in [-0.3, -0.25) is 14.4 Å². The minimum atomic E-state index is -0.202. The van der Waals surface area contributed by atoms with Crippen LogP contribution in [0.2, 0.25) is 0 Å². The number of para-hydroxylation sites is 1. The Balaban J connectivity index is 1.89. The Kier molecular flexibility index (Phi) is 6.35. The molecule has 0 aromatic heterocycles. The van der Waals surface area contributed by atoms with Gasteiger partial charge in [0.1, 0.15) is 0 Å². The van der Waals surface area contributed by atoms with E-state index in [1.807, 2.05) is 38.1 Å². The summed E-state index contributed by atoms with van der Waals surface area (Å²) in [6, 6.07) is 7.73. The lowest BCUT2D eigenvalue weighted by Crippen LogP contribution is -2.41. The number of nitrogens with zero attached hydrogens (tertiary/aromatic N) is 1. The number of rotatable bonds is 7. The Morgan fingerprint density at radius 3 is 2.75 bits per heavy atom. The molecule has 1 aromatic carbocycles. The van der Waals surface area contributed by atoms with Crippen molar-refractivity contribution in [3.8, 4) is 0 Å². The lowest BCUT2D eigenvalue weighted by atomic mass is 9.89. The number of likely N-dealkylation sites (N-methyl/N-ethyl adjacent to an activating group) is 2. The molecule has 0 aliphatic carbocycles. The number of anilines is 1. The molecule has 0 saturated carbocycles. The van der Waals surface area contributed by atoms with Crippen molar-refractivity contribution in [1.82, 2.24) is 10.2 Å². The molecule has 3 amide bonds. The number of hydrogen-bond acceptors (Lipinski definition) is 3. The standard InChI is InChI=1S/C18H25N3O3/c1-3-19-16(22)12-21(4-2)17(23)10-9-14-11-13-7-5-6-8-15(13)20-18(14)24/h5-8,14H,3-4,9-12H2,1-2H3,(H,19,22)(H,20,24). The first-order valence-corrected chi connectivity index (χ1v) is 8.48. The van der Waals surface area contributed by atoms with Gasteiger partial charge in [-0.2, -0.15) is 0 Å². The van der Waals surface area contributed by atoms with E-state index in [0.29, 0.717) is 25.9 Å². The Morgan fingerprint density at radius 2 is 2.04 bits per heavy atom. The van der Waals surface area contributed by atoms with Crippen molar-refractivity contribution in [3.63, 3.8) is 0 Å². The smallest absolute Gasteiger partial charge is 0.239 e. The number of fused-ring (bicyclic) bond motifs is 1. The normalized spacial score (nSPS) is 16.1. The Morgan fingerprint density at radius 1 is 1.29 bits per heavy atom. The van der Waals surface area contributed by atoms with E-state index in [4.69, 9.17) is 0 Å². The number of hydrogen-bond donors (Lipinski definition) is 2. The molecule has 0 spiro atoms. The predicted molar refractivity (Wildman–Crippen MR) is 92.4 cm³/mol. The zero-order valence-electron chi connectivity index (χ0n) is 14.3. The number of nitrogens with one attached hydrogen (secondary N) is 2. The van der Waals surface area contributed by atoms with Crippen molar-refractivity contribution >= 4 is 23.4 Å². The van der Waals surface area contributed by atoms with Gasteiger partial charge in [-0.1, -0.05) is 18.2 Å². The van der Waals surface area contributed by atoms with Gasteiger partial charge in [0.05, 0.1) is 6.54 Å². The van der Waals surface area contributed by atoms with Crippen LogP contribution < -0.4 is 10.6 Å². The van der Waals surface area contributed by atoms with Crippen LogP contribution in [0.3, 0.4) is 0 Å². The van der Waals surface area contributed by atoms with E-state index in [2.05, 4.69) is 10.6 Å². The van der Waals surface area contributed by atoms with Gasteiger partial charge >= 0.3 is 0 Å². The first kappa shape index (κ1) is 18.0. The van der Waals surface area contributed by atoms with Crippen molar-refractivity contribution < 1.29 is 14.4 Å². The molecule has 1 aliphatic heterocycles. The summed E-state index contributed by atoms with van der Waals surface area (Å²) in [6.07, 6.45) is 1.41. The van der Waals surface area contributed by atoms with E-state index in [1.165, 1.54) is 4.90 Å². The van der Waals surface area contributed by atoms with Gasteiger partial charge in [0.25, 0.3) is 0 Å². The lowest BCUT2D eigenvalue weighted by molar-refractivity contribution is -0.136. The van der Waals surface area contributed by atoms with Gasteiger partial charge < -0.3 is 15.5 Å². The summed E-state index contributed by atoms with van der Waals surface area (Å²) in [7, 11) is 0. The van der Waals surface area contributed by atoms with Gasteiger partial charge in [0.2, 0.25) is 17.7 Å². The number of amides is 3.